The molecule has 156 valence electrons. The molecule has 3 aromatic rings. The molecule has 0 radical (unpaired) electrons. The third-order valence-electron chi connectivity index (χ3n) is 5.38. The second-order valence-corrected chi connectivity index (χ2v) is 7.17. The zero-order valence-electron chi connectivity index (χ0n) is 17.2. The molecule has 0 fully saturated rings. The molecule has 0 spiro atoms. The van der Waals surface area contributed by atoms with E-state index in [0.29, 0.717) is 28.2 Å². The van der Waals surface area contributed by atoms with Crippen molar-refractivity contribution in [1.29, 1.82) is 0 Å². The normalized spacial score (nSPS) is 13.7. The average Bonchev–Trinajstić information content (AvgIpc) is 3.07. The summed E-state index contributed by atoms with van der Waals surface area (Å²) in [5.41, 5.74) is 1.80. The van der Waals surface area contributed by atoms with Crippen LogP contribution >= 0.6 is 0 Å². The van der Waals surface area contributed by atoms with Gasteiger partial charge in [-0.3, -0.25) is 19.3 Å². The molecule has 0 saturated carbocycles. The first kappa shape index (κ1) is 20.3. The van der Waals surface area contributed by atoms with E-state index in [1.165, 1.54) is 14.2 Å². The van der Waals surface area contributed by atoms with E-state index >= 15 is 0 Å². The van der Waals surface area contributed by atoms with Gasteiger partial charge in [0.1, 0.15) is 6.04 Å². The van der Waals surface area contributed by atoms with E-state index in [1.807, 2.05) is 30.3 Å². The number of ketones is 1. The van der Waals surface area contributed by atoms with E-state index in [9.17, 15) is 14.4 Å². The molecule has 3 aromatic carbocycles. The number of amides is 2. The minimum absolute atomic E-state index is 0.208. The Labute approximate surface area is 180 Å². The lowest BCUT2D eigenvalue weighted by Crippen LogP contribution is -2.46. The predicted molar refractivity (Wildman–Crippen MR) is 115 cm³/mol. The summed E-state index contributed by atoms with van der Waals surface area (Å²) in [7, 11) is 2.99. The third kappa shape index (κ3) is 3.68. The maximum absolute atomic E-state index is 13.6. The summed E-state index contributed by atoms with van der Waals surface area (Å²) in [6, 6.07) is 19.8. The molecule has 2 amide bonds. The molecule has 0 saturated heterocycles. The molecule has 6 nitrogen and oxygen atoms in total. The molecule has 1 aliphatic heterocycles. The van der Waals surface area contributed by atoms with E-state index in [4.69, 9.17) is 9.47 Å². The van der Waals surface area contributed by atoms with Crippen molar-refractivity contribution in [3.05, 3.63) is 95.1 Å². The summed E-state index contributed by atoms with van der Waals surface area (Å²) in [6.45, 7) is 0. The Morgan fingerprint density at radius 2 is 1.39 bits per heavy atom. The molecule has 1 aliphatic rings. The van der Waals surface area contributed by atoms with Gasteiger partial charge in [-0.2, -0.15) is 0 Å². The predicted octanol–water partition coefficient (Wildman–Crippen LogP) is 3.79. The molecule has 1 heterocycles. The third-order valence-corrected chi connectivity index (χ3v) is 5.38. The number of rotatable bonds is 7. The summed E-state index contributed by atoms with van der Waals surface area (Å²) in [5, 5.41) is 0. The van der Waals surface area contributed by atoms with Crippen molar-refractivity contribution in [2.75, 3.05) is 14.2 Å². The fraction of sp³-hybridized carbons (Fsp3) is 0.160. The topological polar surface area (TPSA) is 72.9 Å². The van der Waals surface area contributed by atoms with Crippen LogP contribution in [0.5, 0.6) is 11.5 Å². The summed E-state index contributed by atoms with van der Waals surface area (Å²) in [5.74, 6) is -0.390. The van der Waals surface area contributed by atoms with Crippen LogP contribution in [0.2, 0.25) is 0 Å². The second-order valence-electron chi connectivity index (χ2n) is 7.17. The van der Waals surface area contributed by atoms with Gasteiger partial charge in [0.25, 0.3) is 11.8 Å². The van der Waals surface area contributed by atoms with Crippen molar-refractivity contribution in [3.8, 4) is 11.5 Å². The number of carbonyl (C=O) groups is 3. The molecule has 6 heteroatoms. The zero-order valence-corrected chi connectivity index (χ0v) is 17.2. The summed E-state index contributed by atoms with van der Waals surface area (Å²) < 4.78 is 10.6. The molecule has 0 unspecified atom stereocenters. The Morgan fingerprint density at radius 3 is 1.97 bits per heavy atom. The van der Waals surface area contributed by atoms with E-state index in [2.05, 4.69) is 0 Å². The minimum atomic E-state index is -0.993. The van der Waals surface area contributed by atoms with E-state index in [-0.39, 0.29) is 12.2 Å². The lowest BCUT2D eigenvalue weighted by molar-refractivity contribution is 0.0540. The Hall–Kier alpha value is -3.93. The summed E-state index contributed by atoms with van der Waals surface area (Å²) in [4.78, 5) is 40.9. The number of hydrogen-bond acceptors (Lipinski definition) is 5. The molecule has 0 aromatic heterocycles. The Balaban J connectivity index is 1.76. The highest BCUT2D eigenvalue weighted by Crippen LogP contribution is 2.31. The van der Waals surface area contributed by atoms with Crippen molar-refractivity contribution in [3.63, 3.8) is 0 Å². The maximum atomic E-state index is 13.6. The van der Waals surface area contributed by atoms with Crippen LogP contribution in [-0.4, -0.2) is 42.8 Å². The number of fused-ring (bicyclic) bond motifs is 1. The van der Waals surface area contributed by atoms with Crippen molar-refractivity contribution < 1.29 is 23.9 Å². The smallest absolute Gasteiger partial charge is 0.262 e. The van der Waals surface area contributed by atoms with Crippen molar-refractivity contribution >= 4 is 17.6 Å². The van der Waals surface area contributed by atoms with Crippen LogP contribution in [0.15, 0.2) is 72.8 Å². The number of Topliss-reactive ketones (excluding diaryl/α,β-unsaturated/α-hetero) is 1. The van der Waals surface area contributed by atoms with Crippen molar-refractivity contribution in [2.24, 2.45) is 0 Å². The Kier molecular flexibility index (Phi) is 5.54. The monoisotopic (exact) mass is 415 g/mol. The van der Waals surface area contributed by atoms with Crippen molar-refractivity contribution in [1.82, 2.24) is 4.90 Å². The van der Waals surface area contributed by atoms with Crippen LogP contribution < -0.4 is 9.47 Å². The van der Waals surface area contributed by atoms with Crippen LogP contribution in [-0.2, 0) is 6.42 Å². The fourth-order valence-electron chi connectivity index (χ4n) is 3.81. The SMILES string of the molecule is COc1ccc(C(=O)[C@H](Cc2ccccc2)N2C(=O)c3ccccc3C2=O)cc1OC. The average molecular weight is 415 g/mol. The molecular weight excluding hydrogens is 394 g/mol. The first-order valence-corrected chi connectivity index (χ1v) is 9.82. The molecule has 0 bridgehead atoms. The van der Waals surface area contributed by atoms with Crippen LogP contribution in [0.3, 0.4) is 0 Å². The molecule has 4 rings (SSSR count). The van der Waals surface area contributed by atoms with Gasteiger partial charge < -0.3 is 9.47 Å². The number of hydrogen-bond donors (Lipinski definition) is 0. The largest absolute Gasteiger partial charge is 0.493 e. The molecule has 31 heavy (non-hydrogen) atoms. The number of ether oxygens (including phenoxy) is 2. The number of carbonyl (C=O) groups excluding carboxylic acids is 3. The van der Waals surface area contributed by atoms with Gasteiger partial charge in [0.05, 0.1) is 25.3 Å². The number of benzene rings is 3. The number of nitrogens with zero attached hydrogens (tertiary/aromatic N) is 1. The Bertz CT molecular complexity index is 1120. The van der Waals surface area contributed by atoms with E-state index in [1.54, 1.807) is 42.5 Å². The zero-order chi connectivity index (χ0) is 22.0. The quantitative estimate of drug-likeness (QED) is 0.434. The highest BCUT2D eigenvalue weighted by atomic mass is 16.5. The summed E-state index contributed by atoms with van der Waals surface area (Å²) >= 11 is 0. The van der Waals surface area contributed by atoms with Gasteiger partial charge in [-0.15, -0.1) is 0 Å². The van der Waals surface area contributed by atoms with Gasteiger partial charge in [-0.05, 0) is 35.9 Å². The minimum Gasteiger partial charge on any atom is -0.493 e. The van der Waals surface area contributed by atoms with Gasteiger partial charge in [-0.25, -0.2) is 0 Å². The van der Waals surface area contributed by atoms with Gasteiger partial charge in [0.15, 0.2) is 17.3 Å². The number of methoxy groups -OCH3 is 2. The van der Waals surface area contributed by atoms with Gasteiger partial charge >= 0.3 is 0 Å². The standard InChI is InChI=1S/C25H21NO5/c1-30-21-13-12-17(15-22(21)31-2)23(27)20(14-16-8-4-3-5-9-16)26-24(28)18-10-6-7-11-19(18)25(26)29/h3-13,15,20H,14H2,1-2H3/t20-/m0/s1. The van der Waals surface area contributed by atoms with Crippen molar-refractivity contribution in [2.45, 2.75) is 12.5 Å². The second kappa shape index (κ2) is 8.44. The first-order chi connectivity index (χ1) is 15.0. The van der Waals surface area contributed by atoms with Gasteiger partial charge in [-0.1, -0.05) is 42.5 Å². The summed E-state index contributed by atoms with van der Waals surface area (Å²) in [6.07, 6.45) is 0.208. The van der Waals surface area contributed by atoms with Crippen LogP contribution in [0, 0.1) is 0 Å². The van der Waals surface area contributed by atoms with E-state index in [0.717, 1.165) is 10.5 Å². The first-order valence-electron chi connectivity index (χ1n) is 9.82. The van der Waals surface area contributed by atoms with Crippen LogP contribution in [0.1, 0.15) is 36.6 Å². The molecular formula is C25H21NO5. The molecule has 1 atom stereocenters. The maximum Gasteiger partial charge on any atom is 0.262 e. The van der Waals surface area contributed by atoms with Gasteiger partial charge in [0, 0.05) is 12.0 Å². The molecule has 0 N–H and O–H groups in total. The highest BCUT2D eigenvalue weighted by molar-refractivity contribution is 6.23. The van der Waals surface area contributed by atoms with E-state index < -0.39 is 17.9 Å². The molecule has 0 aliphatic carbocycles. The Morgan fingerprint density at radius 1 is 0.806 bits per heavy atom. The number of imide groups is 1. The fourth-order valence-corrected chi connectivity index (χ4v) is 3.81. The van der Waals surface area contributed by atoms with Crippen LogP contribution in [0.4, 0.5) is 0 Å². The van der Waals surface area contributed by atoms with Gasteiger partial charge in [0.2, 0.25) is 0 Å². The lowest BCUT2D eigenvalue weighted by atomic mass is 9.96. The lowest BCUT2D eigenvalue weighted by Gasteiger charge is -2.25. The van der Waals surface area contributed by atoms with Crippen LogP contribution in [0.25, 0.3) is 0 Å². The highest BCUT2D eigenvalue weighted by Gasteiger charge is 2.42.